The van der Waals surface area contributed by atoms with Crippen molar-refractivity contribution in [2.24, 2.45) is 0 Å². The molecule has 0 radical (unpaired) electrons. The lowest BCUT2D eigenvalue weighted by Crippen LogP contribution is -2.26. The first-order valence-electron chi connectivity index (χ1n) is 7.51. The van der Waals surface area contributed by atoms with E-state index in [2.05, 4.69) is 20.1 Å². The second-order valence-electron chi connectivity index (χ2n) is 5.56. The van der Waals surface area contributed by atoms with Gasteiger partial charge in [0.1, 0.15) is 5.65 Å². The summed E-state index contributed by atoms with van der Waals surface area (Å²) in [6.07, 6.45) is 9.14. The van der Waals surface area contributed by atoms with Crippen LogP contribution in [0.4, 0.5) is 0 Å². The van der Waals surface area contributed by atoms with Crippen LogP contribution in [0.25, 0.3) is 22.4 Å². The molecule has 23 heavy (non-hydrogen) atoms. The van der Waals surface area contributed by atoms with Gasteiger partial charge >= 0.3 is 0 Å². The van der Waals surface area contributed by atoms with Crippen molar-refractivity contribution >= 4 is 22.8 Å². The molecule has 0 atom stereocenters. The Morgan fingerprint density at radius 3 is 2.83 bits per heavy atom. The molecule has 118 valence electrons. The Kier molecular flexibility index (Phi) is 3.60. The van der Waals surface area contributed by atoms with E-state index in [1.165, 1.54) is 18.2 Å². The third-order valence-corrected chi connectivity index (χ3v) is 4.79. The molecule has 1 aliphatic rings. The minimum absolute atomic E-state index is 0.114. The van der Waals surface area contributed by atoms with Crippen LogP contribution in [-0.4, -0.2) is 30.9 Å². The van der Waals surface area contributed by atoms with Crippen molar-refractivity contribution in [1.82, 2.24) is 24.7 Å². The van der Waals surface area contributed by atoms with Crippen LogP contribution in [0.15, 0.2) is 33.1 Å². The molecule has 8 heteroatoms. The summed E-state index contributed by atoms with van der Waals surface area (Å²) in [6, 6.07) is 1.92. The molecule has 0 aromatic carbocycles. The summed E-state index contributed by atoms with van der Waals surface area (Å²) in [5.74, 6) is 0.303. The summed E-state index contributed by atoms with van der Waals surface area (Å²) in [6.45, 7) is 0. The Bertz CT molecular complexity index is 900. The molecule has 0 unspecified atom stereocenters. The third kappa shape index (κ3) is 2.42. The van der Waals surface area contributed by atoms with Crippen LogP contribution in [0.1, 0.15) is 31.7 Å². The summed E-state index contributed by atoms with van der Waals surface area (Å²) >= 11 is 1.47. The first-order chi connectivity index (χ1) is 11.3. The van der Waals surface area contributed by atoms with E-state index >= 15 is 0 Å². The molecule has 0 N–H and O–H groups in total. The van der Waals surface area contributed by atoms with Gasteiger partial charge in [-0.1, -0.05) is 29.8 Å². The zero-order chi connectivity index (χ0) is 15.8. The molecule has 0 aliphatic heterocycles. The van der Waals surface area contributed by atoms with Crippen LogP contribution in [0.2, 0.25) is 0 Å². The van der Waals surface area contributed by atoms with Crippen molar-refractivity contribution in [2.45, 2.75) is 36.9 Å². The smallest absolute Gasteiger partial charge is 0.263 e. The van der Waals surface area contributed by atoms with Gasteiger partial charge < -0.3 is 4.52 Å². The van der Waals surface area contributed by atoms with Gasteiger partial charge in [0.15, 0.2) is 5.16 Å². The van der Waals surface area contributed by atoms with E-state index in [9.17, 15) is 4.79 Å². The molecule has 0 amide bonds. The summed E-state index contributed by atoms with van der Waals surface area (Å²) in [5, 5.41) is 5.29. The van der Waals surface area contributed by atoms with Crippen molar-refractivity contribution in [3.05, 3.63) is 29.0 Å². The lowest BCUT2D eigenvalue weighted by Gasteiger charge is -2.17. The zero-order valence-corrected chi connectivity index (χ0v) is 13.4. The number of aromatic nitrogens is 5. The topological polar surface area (TPSA) is 86.7 Å². The molecule has 1 fully saturated rings. The van der Waals surface area contributed by atoms with E-state index in [1.54, 1.807) is 16.8 Å². The van der Waals surface area contributed by atoms with E-state index in [0.717, 1.165) is 31.1 Å². The molecule has 7 nitrogen and oxygen atoms in total. The fraction of sp³-hybridized carbons (Fsp3) is 0.400. The summed E-state index contributed by atoms with van der Waals surface area (Å²) in [5.41, 5.74) is 1.00. The summed E-state index contributed by atoms with van der Waals surface area (Å²) in [7, 11) is 0. The monoisotopic (exact) mass is 329 g/mol. The highest BCUT2D eigenvalue weighted by Crippen LogP contribution is 2.31. The van der Waals surface area contributed by atoms with E-state index in [4.69, 9.17) is 4.52 Å². The quantitative estimate of drug-likeness (QED) is 0.539. The maximum Gasteiger partial charge on any atom is 0.263 e. The number of thioether (sulfide) groups is 1. The molecule has 0 bridgehead atoms. The van der Waals surface area contributed by atoms with Crippen LogP contribution >= 0.6 is 11.8 Å². The van der Waals surface area contributed by atoms with E-state index < -0.39 is 0 Å². The maximum absolute atomic E-state index is 13.0. The molecular weight excluding hydrogens is 314 g/mol. The molecule has 4 rings (SSSR count). The van der Waals surface area contributed by atoms with E-state index in [1.807, 2.05) is 6.26 Å². The molecule has 0 saturated heterocycles. The average Bonchev–Trinajstić information content (AvgIpc) is 3.27. The molecule has 1 saturated carbocycles. The first kappa shape index (κ1) is 14.4. The summed E-state index contributed by atoms with van der Waals surface area (Å²) in [4.78, 5) is 26.0. The number of pyridine rings is 1. The van der Waals surface area contributed by atoms with Crippen molar-refractivity contribution in [3.8, 4) is 11.4 Å². The van der Waals surface area contributed by atoms with Gasteiger partial charge in [-0.3, -0.25) is 9.36 Å². The van der Waals surface area contributed by atoms with Crippen LogP contribution in [0, 0.1) is 0 Å². The highest BCUT2D eigenvalue weighted by molar-refractivity contribution is 7.98. The lowest BCUT2D eigenvalue weighted by molar-refractivity contribution is 0.418. The summed E-state index contributed by atoms with van der Waals surface area (Å²) < 4.78 is 6.60. The van der Waals surface area contributed by atoms with Crippen molar-refractivity contribution in [1.29, 1.82) is 0 Å². The average molecular weight is 329 g/mol. The fourth-order valence-electron chi connectivity index (χ4n) is 3.15. The fourth-order valence-corrected chi connectivity index (χ4v) is 3.49. The SMILES string of the molecule is CSc1ncc2cc(-c3ncon3)c(=O)n(C3CCCC3)c2n1. The van der Waals surface area contributed by atoms with Crippen LogP contribution < -0.4 is 5.56 Å². The van der Waals surface area contributed by atoms with Crippen molar-refractivity contribution in [2.75, 3.05) is 6.26 Å². The van der Waals surface area contributed by atoms with Crippen LogP contribution in [-0.2, 0) is 0 Å². The van der Waals surface area contributed by atoms with Gasteiger partial charge in [-0.15, -0.1) is 0 Å². The molecule has 3 aromatic rings. The normalized spacial score (nSPS) is 15.5. The molecule has 1 aliphatic carbocycles. The number of hydrogen-bond acceptors (Lipinski definition) is 7. The zero-order valence-electron chi connectivity index (χ0n) is 12.6. The van der Waals surface area contributed by atoms with Crippen molar-refractivity contribution < 1.29 is 4.52 Å². The number of nitrogens with zero attached hydrogens (tertiary/aromatic N) is 5. The van der Waals surface area contributed by atoms with Crippen LogP contribution in [0.3, 0.4) is 0 Å². The second-order valence-corrected chi connectivity index (χ2v) is 6.34. The molecule has 0 spiro atoms. The Balaban J connectivity index is 2.03. The maximum atomic E-state index is 13.0. The predicted molar refractivity (Wildman–Crippen MR) is 86.4 cm³/mol. The predicted octanol–water partition coefficient (Wildman–Crippen LogP) is 2.68. The molecule has 3 heterocycles. The minimum atomic E-state index is -0.114. The van der Waals surface area contributed by atoms with Gasteiger partial charge in [-0.25, -0.2) is 9.97 Å². The second kappa shape index (κ2) is 5.77. The van der Waals surface area contributed by atoms with Gasteiger partial charge in [-0.05, 0) is 25.2 Å². The molecular formula is C15H15N5O2S. The van der Waals surface area contributed by atoms with E-state index in [0.29, 0.717) is 22.2 Å². The Morgan fingerprint density at radius 2 is 2.13 bits per heavy atom. The van der Waals surface area contributed by atoms with Gasteiger partial charge in [0, 0.05) is 17.6 Å². The van der Waals surface area contributed by atoms with Gasteiger partial charge in [-0.2, -0.15) is 4.98 Å². The van der Waals surface area contributed by atoms with E-state index in [-0.39, 0.29) is 11.6 Å². The third-order valence-electron chi connectivity index (χ3n) is 4.23. The Morgan fingerprint density at radius 1 is 1.30 bits per heavy atom. The largest absolute Gasteiger partial charge is 0.342 e. The Labute approximate surface area is 136 Å². The highest BCUT2D eigenvalue weighted by Gasteiger charge is 2.24. The Hall–Kier alpha value is -2.22. The number of fused-ring (bicyclic) bond motifs is 1. The van der Waals surface area contributed by atoms with Gasteiger partial charge in [0.2, 0.25) is 12.2 Å². The molecule has 3 aromatic heterocycles. The first-order valence-corrected chi connectivity index (χ1v) is 8.73. The minimum Gasteiger partial charge on any atom is -0.342 e. The standard InChI is InChI=1S/C15H15N5O2S/c1-23-15-16-7-9-6-11(12-17-8-22-19-12)14(21)20(13(9)18-15)10-4-2-3-5-10/h6-8,10H,2-5H2,1H3. The van der Waals surface area contributed by atoms with Gasteiger partial charge in [0.25, 0.3) is 5.56 Å². The van der Waals surface area contributed by atoms with Crippen molar-refractivity contribution in [3.63, 3.8) is 0 Å². The number of hydrogen-bond donors (Lipinski definition) is 0. The lowest BCUT2D eigenvalue weighted by atomic mass is 10.1. The number of rotatable bonds is 3. The van der Waals surface area contributed by atoms with Crippen LogP contribution in [0.5, 0.6) is 0 Å². The van der Waals surface area contributed by atoms with Gasteiger partial charge in [0.05, 0.1) is 5.56 Å². The highest BCUT2D eigenvalue weighted by atomic mass is 32.2.